The van der Waals surface area contributed by atoms with Crippen LogP contribution < -0.4 is 27.1 Å². The van der Waals surface area contributed by atoms with E-state index in [2.05, 4.69) is 31.1 Å². The molecule has 0 spiro atoms. The molecular formula is C17H21BrN6O5S. The van der Waals surface area contributed by atoms with Gasteiger partial charge in [-0.15, -0.1) is 0 Å². The Hall–Kier alpha value is -3.06. The van der Waals surface area contributed by atoms with Crippen molar-refractivity contribution in [2.24, 2.45) is 16.6 Å². The number of anilines is 1. The Balaban J connectivity index is 2.11. The van der Waals surface area contributed by atoms with Crippen LogP contribution in [0.4, 0.5) is 5.69 Å². The number of benzene rings is 1. The van der Waals surface area contributed by atoms with Crippen molar-refractivity contribution in [3.05, 3.63) is 56.9 Å². The van der Waals surface area contributed by atoms with E-state index >= 15 is 0 Å². The number of halogens is 1. The highest BCUT2D eigenvalue weighted by atomic mass is 79.9. The Labute approximate surface area is 181 Å². The van der Waals surface area contributed by atoms with Crippen LogP contribution in [0.2, 0.25) is 0 Å². The van der Waals surface area contributed by atoms with Crippen molar-refractivity contribution in [2.45, 2.75) is 18.4 Å². The topological polar surface area (TPSA) is 171 Å². The monoisotopic (exact) mass is 500 g/mol. The van der Waals surface area contributed by atoms with Crippen LogP contribution in [0.3, 0.4) is 0 Å². The number of hydrogen-bond donors (Lipinski definition) is 4. The summed E-state index contributed by atoms with van der Waals surface area (Å²) in [6.07, 6.45) is 0. The van der Waals surface area contributed by atoms with E-state index in [1.165, 1.54) is 24.3 Å². The first-order valence-corrected chi connectivity index (χ1v) is 10.8. The average molecular weight is 501 g/mol. The van der Waals surface area contributed by atoms with Crippen LogP contribution in [0.25, 0.3) is 0 Å². The van der Waals surface area contributed by atoms with Crippen molar-refractivity contribution in [2.75, 3.05) is 17.9 Å². The molecule has 0 aliphatic rings. The molecule has 0 aliphatic carbocycles. The summed E-state index contributed by atoms with van der Waals surface area (Å²) in [5.41, 5.74) is 9.86. The highest BCUT2D eigenvalue weighted by Crippen LogP contribution is 2.17. The smallest absolute Gasteiger partial charge is 0.275 e. The van der Waals surface area contributed by atoms with Gasteiger partial charge in [-0.1, -0.05) is 15.9 Å². The summed E-state index contributed by atoms with van der Waals surface area (Å²) in [7, 11) is -3.97. The van der Waals surface area contributed by atoms with E-state index in [1.807, 2.05) is 0 Å². The van der Waals surface area contributed by atoms with Crippen LogP contribution in [0.15, 0.2) is 55.7 Å². The molecule has 162 valence electrons. The van der Waals surface area contributed by atoms with Crippen LogP contribution in [-0.2, 0) is 26.2 Å². The Morgan fingerprint density at radius 3 is 2.50 bits per heavy atom. The number of hydrogen-bond acceptors (Lipinski definition) is 6. The number of aromatic nitrogens is 1. The standard InChI is InChI=1S/C17H21BrN6O5S/c1-11-2-7-14(23-30(27,28)13-5-3-12(18)4-6-13)16(26)24(11)10-15(25)21-8-9-29-22-17(19)20/h2-7,23H,8-10H2,1H3,(H,21,25)(H4,19,20,22). The van der Waals surface area contributed by atoms with E-state index in [0.717, 1.165) is 4.57 Å². The predicted octanol–water partition coefficient (Wildman–Crippen LogP) is 0.0412. The number of guanidine groups is 1. The van der Waals surface area contributed by atoms with Crippen molar-refractivity contribution < 1.29 is 18.0 Å². The molecule has 1 aromatic heterocycles. The molecule has 0 bridgehead atoms. The lowest BCUT2D eigenvalue weighted by Crippen LogP contribution is -2.36. The third kappa shape index (κ3) is 6.49. The second-order valence-electron chi connectivity index (χ2n) is 6.04. The molecule has 6 N–H and O–H groups in total. The zero-order valence-electron chi connectivity index (χ0n) is 16.0. The summed E-state index contributed by atoms with van der Waals surface area (Å²) in [4.78, 5) is 29.6. The molecule has 2 rings (SSSR count). The number of nitrogens with two attached hydrogens (primary N) is 2. The maximum Gasteiger partial charge on any atom is 0.275 e. The third-order valence-electron chi connectivity index (χ3n) is 3.75. The maximum atomic E-state index is 12.7. The fourth-order valence-corrected chi connectivity index (χ4v) is 3.64. The van der Waals surface area contributed by atoms with E-state index < -0.39 is 21.5 Å². The lowest BCUT2D eigenvalue weighted by atomic mass is 10.3. The van der Waals surface area contributed by atoms with Crippen LogP contribution >= 0.6 is 15.9 Å². The van der Waals surface area contributed by atoms with Gasteiger partial charge in [-0.05, 0) is 48.5 Å². The van der Waals surface area contributed by atoms with Gasteiger partial charge in [-0.25, -0.2) is 8.42 Å². The molecule has 1 aromatic carbocycles. The summed E-state index contributed by atoms with van der Waals surface area (Å²) in [5, 5.41) is 5.85. The van der Waals surface area contributed by atoms with Crippen molar-refractivity contribution in [1.29, 1.82) is 0 Å². The summed E-state index contributed by atoms with van der Waals surface area (Å²) in [6.45, 7) is 1.47. The van der Waals surface area contributed by atoms with Gasteiger partial charge in [-0.2, -0.15) is 0 Å². The number of pyridine rings is 1. The molecular weight excluding hydrogens is 480 g/mol. The number of carbonyl (C=O) groups excluding carboxylic acids is 1. The summed E-state index contributed by atoms with van der Waals surface area (Å²) in [5.74, 6) is -0.715. The van der Waals surface area contributed by atoms with Gasteiger partial charge in [0, 0.05) is 10.2 Å². The van der Waals surface area contributed by atoms with Crippen molar-refractivity contribution in [3.63, 3.8) is 0 Å². The molecule has 1 amide bonds. The van der Waals surface area contributed by atoms with Crippen molar-refractivity contribution >= 4 is 43.5 Å². The van der Waals surface area contributed by atoms with E-state index in [4.69, 9.17) is 16.3 Å². The molecule has 0 saturated carbocycles. The first-order valence-electron chi connectivity index (χ1n) is 8.56. The average Bonchev–Trinajstić information content (AvgIpc) is 2.67. The third-order valence-corrected chi connectivity index (χ3v) is 5.66. The number of aryl methyl sites for hydroxylation is 1. The molecule has 0 unspecified atom stereocenters. The molecule has 30 heavy (non-hydrogen) atoms. The van der Waals surface area contributed by atoms with Gasteiger partial charge in [0.15, 0.2) is 0 Å². The van der Waals surface area contributed by atoms with Gasteiger partial charge in [0.05, 0.1) is 11.4 Å². The SMILES string of the molecule is Cc1ccc(NS(=O)(=O)c2ccc(Br)cc2)c(=O)n1CC(=O)NCCON=C(N)N. The first kappa shape index (κ1) is 23.2. The van der Waals surface area contributed by atoms with Gasteiger partial charge in [-0.3, -0.25) is 14.3 Å². The number of rotatable bonds is 9. The number of nitrogens with one attached hydrogen (secondary N) is 2. The maximum absolute atomic E-state index is 12.7. The molecule has 0 atom stereocenters. The highest BCUT2D eigenvalue weighted by molar-refractivity contribution is 9.10. The van der Waals surface area contributed by atoms with Crippen LogP contribution in [0.1, 0.15) is 5.69 Å². The van der Waals surface area contributed by atoms with Crippen molar-refractivity contribution in [1.82, 2.24) is 9.88 Å². The second kappa shape index (κ2) is 10.1. The van der Waals surface area contributed by atoms with Crippen LogP contribution in [0.5, 0.6) is 0 Å². The summed E-state index contributed by atoms with van der Waals surface area (Å²) < 4.78 is 29.2. The minimum absolute atomic E-state index is 0.00394. The Bertz CT molecular complexity index is 1090. The fraction of sp³-hybridized carbons (Fsp3) is 0.235. The Kier molecular flexibility index (Phi) is 7.83. The number of oxime groups is 1. The van der Waals surface area contributed by atoms with Gasteiger partial charge in [0.1, 0.15) is 18.8 Å². The van der Waals surface area contributed by atoms with E-state index in [1.54, 1.807) is 19.1 Å². The predicted molar refractivity (Wildman–Crippen MR) is 115 cm³/mol. The second-order valence-corrected chi connectivity index (χ2v) is 8.64. The summed E-state index contributed by atoms with van der Waals surface area (Å²) >= 11 is 3.23. The minimum Gasteiger partial charge on any atom is -0.391 e. The fourth-order valence-electron chi connectivity index (χ4n) is 2.32. The number of sulfonamides is 1. The quantitative estimate of drug-likeness (QED) is 0.163. The summed E-state index contributed by atoms with van der Waals surface area (Å²) in [6, 6.07) is 8.84. The molecule has 0 aliphatic heterocycles. The first-order chi connectivity index (χ1) is 14.1. The normalized spacial score (nSPS) is 10.9. The van der Waals surface area contributed by atoms with Crippen LogP contribution in [-0.4, -0.2) is 38.0 Å². The van der Waals surface area contributed by atoms with Gasteiger partial charge < -0.3 is 26.2 Å². The van der Waals surface area contributed by atoms with Gasteiger partial charge >= 0.3 is 0 Å². The van der Waals surface area contributed by atoms with E-state index in [9.17, 15) is 18.0 Å². The number of carbonyl (C=O) groups is 1. The van der Waals surface area contributed by atoms with Crippen LogP contribution in [0, 0.1) is 6.92 Å². The lowest BCUT2D eigenvalue weighted by molar-refractivity contribution is -0.122. The minimum atomic E-state index is -3.97. The number of amides is 1. The molecule has 0 fully saturated rings. The molecule has 11 nitrogen and oxygen atoms in total. The zero-order chi connectivity index (χ0) is 22.3. The van der Waals surface area contributed by atoms with Gasteiger partial charge in [0.25, 0.3) is 15.6 Å². The Morgan fingerprint density at radius 1 is 1.20 bits per heavy atom. The lowest BCUT2D eigenvalue weighted by Gasteiger charge is -2.13. The van der Waals surface area contributed by atoms with Gasteiger partial charge in [0.2, 0.25) is 11.9 Å². The molecule has 0 saturated heterocycles. The Morgan fingerprint density at radius 2 is 1.87 bits per heavy atom. The molecule has 13 heteroatoms. The number of nitrogens with zero attached hydrogens (tertiary/aromatic N) is 2. The zero-order valence-corrected chi connectivity index (χ0v) is 18.4. The molecule has 1 heterocycles. The molecule has 0 radical (unpaired) electrons. The largest absolute Gasteiger partial charge is 0.391 e. The van der Waals surface area contributed by atoms with E-state index in [-0.39, 0.29) is 36.2 Å². The molecule has 2 aromatic rings. The van der Waals surface area contributed by atoms with Crippen molar-refractivity contribution in [3.8, 4) is 0 Å². The highest BCUT2D eigenvalue weighted by Gasteiger charge is 2.18. The van der Waals surface area contributed by atoms with E-state index in [0.29, 0.717) is 10.2 Å².